The normalized spacial score (nSPS) is 13.3. The minimum Gasteiger partial charge on any atom is -0.216 e. The standard InChI is InChI=1S/C7H18N2O2S/c1-6(2)5-9(7(3)4)12(8,10)11/h6-7H,5H2,1-4H3,(H2,8,10,11). The molecule has 0 aromatic heterocycles. The molecule has 0 spiro atoms. The van der Waals surface area contributed by atoms with Crippen molar-refractivity contribution in [1.29, 1.82) is 0 Å². The summed E-state index contributed by atoms with van der Waals surface area (Å²) in [6, 6.07) is -0.0672. The Hall–Kier alpha value is -0.130. The summed E-state index contributed by atoms with van der Waals surface area (Å²) in [4.78, 5) is 0. The second kappa shape index (κ2) is 4.20. The Kier molecular flexibility index (Phi) is 4.16. The molecule has 0 heterocycles. The van der Waals surface area contributed by atoms with Crippen molar-refractivity contribution in [3.05, 3.63) is 0 Å². The predicted octanol–water partition coefficient (Wildman–Crippen LogP) is 0.556. The van der Waals surface area contributed by atoms with Crippen molar-refractivity contribution >= 4 is 10.2 Å². The quantitative estimate of drug-likeness (QED) is 0.710. The van der Waals surface area contributed by atoms with Gasteiger partial charge in [-0.1, -0.05) is 13.8 Å². The average Bonchev–Trinajstić information content (AvgIpc) is 1.79. The summed E-state index contributed by atoms with van der Waals surface area (Å²) < 4.78 is 23.3. The van der Waals surface area contributed by atoms with E-state index in [1.165, 1.54) is 4.31 Å². The summed E-state index contributed by atoms with van der Waals surface area (Å²) in [5, 5.41) is 5.03. The number of nitrogens with zero attached hydrogens (tertiary/aromatic N) is 1. The molecule has 12 heavy (non-hydrogen) atoms. The van der Waals surface area contributed by atoms with Crippen LogP contribution in [0.4, 0.5) is 0 Å². The van der Waals surface area contributed by atoms with Crippen molar-refractivity contribution in [3.8, 4) is 0 Å². The maximum Gasteiger partial charge on any atom is 0.277 e. The molecule has 0 radical (unpaired) electrons. The maximum atomic E-state index is 11.0. The summed E-state index contributed by atoms with van der Waals surface area (Å²) in [5.41, 5.74) is 0. The second-order valence-electron chi connectivity index (χ2n) is 3.60. The van der Waals surface area contributed by atoms with E-state index in [4.69, 9.17) is 5.14 Å². The summed E-state index contributed by atoms with van der Waals surface area (Å²) >= 11 is 0. The molecular weight excluding hydrogens is 176 g/mol. The van der Waals surface area contributed by atoms with E-state index in [-0.39, 0.29) is 6.04 Å². The van der Waals surface area contributed by atoms with Crippen LogP contribution in [0.1, 0.15) is 27.7 Å². The fourth-order valence-corrected chi connectivity index (χ4v) is 2.06. The first-order valence-electron chi connectivity index (χ1n) is 4.04. The Morgan fingerprint density at radius 2 is 1.67 bits per heavy atom. The van der Waals surface area contributed by atoms with E-state index >= 15 is 0 Å². The molecule has 0 rings (SSSR count). The van der Waals surface area contributed by atoms with Gasteiger partial charge in [0.2, 0.25) is 0 Å². The van der Waals surface area contributed by atoms with Gasteiger partial charge in [0.05, 0.1) is 0 Å². The van der Waals surface area contributed by atoms with Crippen LogP contribution in [0.3, 0.4) is 0 Å². The minimum absolute atomic E-state index is 0.0672. The van der Waals surface area contributed by atoms with Gasteiger partial charge in [-0.2, -0.15) is 12.7 Å². The SMILES string of the molecule is CC(C)CN(C(C)C)S(N)(=O)=O. The minimum atomic E-state index is -3.53. The van der Waals surface area contributed by atoms with Crippen molar-refractivity contribution in [2.45, 2.75) is 33.7 Å². The van der Waals surface area contributed by atoms with E-state index in [1.54, 1.807) is 0 Å². The molecule has 74 valence electrons. The number of hydrogen-bond acceptors (Lipinski definition) is 2. The fourth-order valence-electron chi connectivity index (χ4n) is 0.968. The van der Waals surface area contributed by atoms with Crippen LogP contribution in [-0.4, -0.2) is 25.3 Å². The van der Waals surface area contributed by atoms with E-state index in [9.17, 15) is 8.42 Å². The van der Waals surface area contributed by atoms with E-state index in [0.29, 0.717) is 12.5 Å². The first kappa shape index (κ1) is 11.9. The number of nitrogens with two attached hydrogens (primary N) is 1. The lowest BCUT2D eigenvalue weighted by atomic mass is 10.2. The van der Waals surface area contributed by atoms with E-state index in [2.05, 4.69) is 0 Å². The van der Waals surface area contributed by atoms with Crippen LogP contribution >= 0.6 is 0 Å². The van der Waals surface area contributed by atoms with Crippen LogP contribution in [0.15, 0.2) is 0 Å². The molecule has 0 fully saturated rings. The Bertz CT molecular complexity index is 222. The molecule has 0 unspecified atom stereocenters. The fraction of sp³-hybridized carbons (Fsp3) is 1.00. The molecule has 0 saturated carbocycles. The largest absolute Gasteiger partial charge is 0.277 e. The average molecular weight is 194 g/mol. The molecular formula is C7H18N2O2S. The molecule has 0 bridgehead atoms. The highest BCUT2D eigenvalue weighted by molar-refractivity contribution is 7.86. The van der Waals surface area contributed by atoms with Gasteiger partial charge in [-0.3, -0.25) is 0 Å². The number of hydrogen-bond donors (Lipinski definition) is 1. The summed E-state index contributed by atoms with van der Waals surface area (Å²) in [6.07, 6.45) is 0. The van der Waals surface area contributed by atoms with Gasteiger partial charge in [-0.25, -0.2) is 5.14 Å². The van der Waals surface area contributed by atoms with Crippen molar-refractivity contribution in [3.63, 3.8) is 0 Å². The van der Waals surface area contributed by atoms with Gasteiger partial charge >= 0.3 is 0 Å². The van der Waals surface area contributed by atoms with Crippen molar-refractivity contribution in [2.24, 2.45) is 11.1 Å². The van der Waals surface area contributed by atoms with Crippen LogP contribution in [0.5, 0.6) is 0 Å². The van der Waals surface area contributed by atoms with Crippen molar-refractivity contribution in [2.75, 3.05) is 6.54 Å². The first-order chi connectivity index (χ1) is 5.25. The van der Waals surface area contributed by atoms with Crippen molar-refractivity contribution in [1.82, 2.24) is 4.31 Å². The lowest BCUT2D eigenvalue weighted by Gasteiger charge is -2.24. The molecule has 2 N–H and O–H groups in total. The molecule has 0 atom stereocenters. The van der Waals surface area contributed by atoms with Gasteiger partial charge in [0.15, 0.2) is 0 Å². The Morgan fingerprint density at radius 3 is 1.75 bits per heavy atom. The molecule has 0 aliphatic carbocycles. The maximum absolute atomic E-state index is 11.0. The van der Waals surface area contributed by atoms with Gasteiger partial charge < -0.3 is 0 Å². The zero-order valence-electron chi connectivity index (χ0n) is 8.11. The monoisotopic (exact) mass is 194 g/mol. The smallest absolute Gasteiger partial charge is 0.216 e. The van der Waals surface area contributed by atoms with Crippen LogP contribution in [0.25, 0.3) is 0 Å². The van der Waals surface area contributed by atoms with Crippen LogP contribution < -0.4 is 5.14 Å². The van der Waals surface area contributed by atoms with E-state index in [1.807, 2.05) is 27.7 Å². The summed E-state index contributed by atoms with van der Waals surface area (Å²) in [7, 11) is -3.53. The van der Waals surface area contributed by atoms with Gasteiger partial charge in [0, 0.05) is 12.6 Å². The highest BCUT2D eigenvalue weighted by Crippen LogP contribution is 2.06. The third-order valence-electron chi connectivity index (χ3n) is 1.45. The lowest BCUT2D eigenvalue weighted by molar-refractivity contribution is 0.319. The number of rotatable bonds is 4. The summed E-state index contributed by atoms with van der Waals surface area (Å²) in [6.45, 7) is 8.02. The van der Waals surface area contributed by atoms with Crippen LogP contribution in [-0.2, 0) is 10.2 Å². The molecule has 4 nitrogen and oxygen atoms in total. The topological polar surface area (TPSA) is 63.4 Å². The first-order valence-corrected chi connectivity index (χ1v) is 5.55. The van der Waals surface area contributed by atoms with E-state index in [0.717, 1.165) is 0 Å². The molecule has 0 aliphatic heterocycles. The summed E-state index contributed by atoms with van der Waals surface area (Å²) in [5.74, 6) is 0.297. The third-order valence-corrected chi connectivity index (χ3v) is 2.67. The van der Waals surface area contributed by atoms with Gasteiger partial charge in [0.25, 0.3) is 10.2 Å². The Balaban J connectivity index is 4.47. The Labute approximate surface area is 74.9 Å². The van der Waals surface area contributed by atoms with Gasteiger partial charge in [-0.15, -0.1) is 0 Å². The molecule has 0 aliphatic rings. The molecule has 0 amide bonds. The molecule has 0 aromatic carbocycles. The van der Waals surface area contributed by atoms with Crippen LogP contribution in [0.2, 0.25) is 0 Å². The van der Waals surface area contributed by atoms with Gasteiger partial charge in [0.1, 0.15) is 0 Å². The zero-order valence-corrected chi connectivity index (χ0v) is 8.93. The van der Waals surface area contributed by atoms with E-state index < -0.39 is 10.2 Å². The highest BCUT2D eigenvalue weighted by atomic mass is 32.2. The van der Waals surface area contributed by atoms with Gasteiger partial charge in [-0.05, 0) is 19.8 Å². The third kappa shape index (κ3) is 4.04. The second-order valence-corrected chi connectivity index (χ2v) is 5.10. The lowest BCUT2D eigenvalue weighted by Crippen LogP contribution is -2.43. The molecule has 0 saturated heterocycles. The highest BCUT2D eigenvalue weighted by Gasteiger charge is 2.21. The van der Waals surface area contributed by atoms with Crippen molar-refractivity contribution < 1.29 is 8.42 Å². The Morgan fingerprint density at radius 1 is 1.25 bits per heavy atom. The molecule has 0 aromatic rings. The van der Waals surface area contributed by atoms with Crippen LogP contribution in [0, 0.1) is 5.92 Å². The zero-order chi connectivity index (χ0) is 9.94. The molecule has 5 heteroatoms. The predicted molar refractivity (Wildman–Crippen MR) is 49.8 cm³/mol.